The molecule has 0 heterocycles. The van der Waals surface area contributed by atoms with Crippen molar-refractivity contribution >= 4 is 11.8 Å². The summed E-state index contributed by atoms with van der Waals surface area (Å²) in [6.45, 7) is 6.41. The molecule has 0 aromatic heterocycles. The van der Waals surface area contributed by atoms with Crippen LogP contribution in [0.2, 0.25) is 0 Å². The van der Waals surface area contributed by atoms with Crippen LogP contribution in [-0.2, 0) is 0 Å². The minimum atomic E-state index is 0.153. The molecule has 0 radical (unpaired) electrons. The third kappa shape index (κ3) is 3.62. The lowest BCUT2D eigenvalue weighted by Gasteiger charge is -2.10. The first-order valence-electron chi connectivity index (χ1n) is 6.71. The highest BCUT2D eigenvalue weighted by Crippen LogP contribution is 2.29. The summed E-state index contributed by atoms with van der Waals surface area (Å²) in [5, 5.41) is 0. The van der Waals surface area contributed by atoms with Crippen molar-refractivity contribution < 1.29 is 0 Å². The Hall–Kier alpha value is -1.25. The number of nitrogens with two attached hydrogens (primary N) is 1. The lowest BCUT2D eigenvalue weighted by Crippen LogP contribution is -2.07. The minimum absolute atomic E-state index is 0.153. The van der Waals surface area contributed by atoms with Gasteiger partial charge >= 0.3 is 0 Å². The molecular formula is C17H21NS. The minimum Gasteiger partial charge on any atom is -0.324 e. The van der Waals surface area contributed by atoms with Crippen molar-refractivity contribution in [2.45, 2.75) is 43.0 Å². The van der Waals surface area contributed by atoms with Gasteiger partial charge in [0.1, 0.15) is 0 Å². The summed E-state index contributed by atoms with van der Waals surface area (Å²) in [5.41, 5.74) is 9.92. The normalized spacial score (nSPS) is 12.4. The van der Waals surface area contributed by atoms with Crippen molar-refractivity contribution in [1.29, 1.82) is 0 Å². The van der Waals surface area contributed by atoms with Gasteiger partial charge in [0.25, 0.3) is 0 Å². The molecule has 0 saturated carbocycles. The SMILES string of the molecule is CCC(N)c1ccc(Sc2ccc(C)c(C)c2)cc1. The largest absolute Gasteiger partial charge is 0.324 e. The van der Waals surface area contributed by atoms with E-state index >= 15 is 0 Å². The van der Waals surface area contributed by atoms with Crippen molar-refractivity contribution in [3.05, 3.63) is 59.2 Å². The van der Waals surface area contributed by atoms with Gasteiger partial charge in [-0.3, -0.25) is 0 Å². The van der Waals surface area contributed by atoms with Gasteiger partial charge in [0.05, 0.1) is 0 Å². The lowest BCUT2D eigenvalue weighted by atomic mass is 10.1. The molecule has 1 nitrogen and oxygen atoms in total. The summed E-state index contributed by atoms with van der Waals surface area (Å²) < 4.78 is 0. The van der Waals surface area contributed by atoms with Crippen LogP contribution in [0.1, 0.15) is 36.1 Å². The van der Waals surface area contributed by atoms with Gasteiger partial charge in [-0.05, 0) is 61.2 Å². The van der Waals surface area contributed by atoms with Crippen molar-refractivity contribution in [2.75, 3.05) is 0 Å². The molecule has 2 aromatic rings. The molecule has 0 aliphatic rings. The molecule has 1 atom stereocenters. The Balaban J connectivity index is 2.12. The van der Waals surface area contributed by atoms with Crippen LogP contribution in [0.15, 0.2) is 52.3 Å². The predicted molar refractivity (Wildman–Crippen MR) is 83.7 cm³/mol. The van der Waals surface area contributed by atoms with Gasteiger partial charge in [-0.1, -0.05) is 36.9 Å². The van der Waals surface area contributed by atoms with Crippen LogP contribution in [0.4, 0.5) is 0 Å². The highest BCUT2D eigenvalue weighted by atomic mass is 32.2. The monoisotopic (exact) mass is 271 g/mol. The summed E-state index contributed by atoms with van der Waals surface area (Å²) >= 11 is 1.80. The molecule has 1 unspecified atom stereocenters. The van der Waals surface area contributed by atoms with E-state index in [0.29, 0.717) is 0 Å². The molecule has 2 N–H and O–H groups in total. The summed E-state index contributed by atoms with van der Waals surface area (Å²) in [6.07, 6.45) is 0.976. The van der Waals surface area contributed by atoms with Gasteiger partial charge in [0.15, 0.2) is 0 Å². The summed E-state index contributed by atoms with van der Waals surface area (Å²) in [5.74, 6) is 0. The Bertz CT molecular complexity index is 546. The zero-order valence-corrected chi connectivity index (χ0v) is 12.6. The Labute approximate surface area is 120 Å². The van der Waals surface area contributed by atoms with E-state index in [1.54, 1.807) is 11.8 Å². The van der Waals surface area contributed by atoms with Crippen LogP contribution in [0.25, 0.3) is 0 Å². The molecule has 0 amide bonds. The molecular weight excluding hydrogens is 250 g/mol. The van der Waals surface area contributed by atoms with Crippen LogP contribution in [-0.4, -0.2) is 0 Å². The van der Waals surface area contributed by atoms with Gasteiger partial charge in [-0.2, -0.15) is 0 Å². The van der Waals surface area contributed by atoms with E-state index in [9.17, 15) is 0 Å². The molecule has 100 valence electrons. The van der Waals surface area contributed by atoms with Gasteiger partial charge in [-0.25, -0.2) is 0 Å². The maximum absolute atomic E-state index is 6.03. The quantitative estimate of drug-likeness (QED) is 0.859. The fourth-order valence-corrected chi connectivity index (χ4v) is 2.85. The molecule has 2 heteroatoms. The van der Waals surface area contributed by atoms with E-state index in [2.05, 4.69) is 63.2 Å². The van der Waals surface area contributed by atoms with Crippen LogP contribution >= 0.6 is 11.8 Å². The summed E-state index contributed by atoms with van der Waals surface area (Å²) in [6, 6.07) is 15.3. The number of hydrogen-bond donors (Lipinski definition) is 1. The third-order valence-corrected chi connectivity index (χ3v) is 4.46. The smallest absolute Gasteiger partial charge is 0.0292 e. The standard InChI is InChI=1S/C17H21NS/c1-4-17(18)14-6-9-15(10-7-14)19-16-8-5-12(2)13(3)11-16/h5-11,17H,4,18H2,1-3H3. The van der Waals surface area contributed by atoms with Crippen LogP contribution < -0.4 is 5.73 Å². The first-order chi connectivity index (χ1) is 9.10. The highest BCUT2D eigenvalue weighted by Gasteiger charge is 2.04. The van der Waals surface area contributed by atoms with E-state index in [4.69, 9.17) is 5.73 Å². The zero-order valence-electron chi connectivity index (χ0n) is 11.8. The molecule has 2 aromatic carbocycles. The first kappa shape index (κ1) is 14.2. The summed E-state index contributed by atoms with van der Waals surface area (Å²) in [7, 11) is 0. The number of aryl methyl sites for hydroxylation is 2. The predicted octanol–water partition coefficient (Wildman–Crippen LogP) is 4.86. The highest BCUT2D eigenvalue weighted by molar-refractivity contribution is 7.99. The van der Waals surface area contributed by atoms with E-state index in [0.717, 1.165) is 6.42 Å². The Morgan fingerprint density at radius 2 is 1.58 bits per heavy atom. The average molecular weight is 271 g/mol. The third-order valence-electron chi connectivity index (χ3n) is 3.46. The Kier molecular flexibility index (Phi) is 4.67. The molecule has 0 fully saturated rings. The van der Waals surface area contributed by atoms with Crippen molar-refractivity contribution in [3.8, 4) is 0 Å². The molecule has 19 heavy (non-hydrogen) atoms. The van der Waals surface area contributed by atoms with E-state index in [1.807, 2.05) is 0 Å². The summed E-state index contributed by atoms with van der Waals surface area (Å²) in [4.78, 5) is 2.55. The maximum atomic E-state index is 6.03. The van der Waals surface area contributed by atoms with E-state index in [1.165, 1.54) is 26.5 Å². The fraction of sp³-hybridized carbons (Fsp3) is 0.294. The number of rotatable bonds is 4. The molecule has 0 aliphatic heterocycles. The second-order valence-corrected chi connectivity index (χ2v) is 6.08. The van der Waals surface area contributed by atoms with Crippen molar-refractivity contribution in [3.63, 3.8) is 0 Å². The van der Waals surface area contributed by atoms with Gasteiger partial charge in [0, 0.05) is 15.8 Å². The number of benzene rings is 2. The Morgan fingerprint density at radius 3 is 2.16 bits per heavy atom. The van der Waals surface area contributed by atoms with E-state index < -0.39 is 0 Å². The fourth-order valence-electron chi connectivity index (χ4n) is 1.93. The van der Waals surface area contributed by atoms with Gasteiger partial charge in [0.2, 0.25) is 0 Å². The second-order valence-electron chi connectivity index (χ2n) is 4.93. The second kappa shape index (κ2) is 6.27. The van der Waals surface area contributed by atoms with Crippen LogP contribution in [0.5, 0.6) is 0 Å². The van der Waals surface area contributed by atoms with Gasteiger partial charge in [-0.15, -0.1) is 0 Å². The van der Waals surface area contributed by atoms with Crippen molar-refractivity contribution in [2.24, 2.45) is 5.73 Å². The van der Waals surface area contributed by atoms with Crippen molar-refractivity contribution in [1.82, 2.24) is 0 Å². The maximum Gasteiger partial charge on any atom is 0.0292 e. The molecule has 0 bridgehead atoms. The van der Waals surface area contributed by atoms with Gasteiger partial charge < -0.3 is 5.73 Å². The average Bonchev–Trinajstić information content (AvgIpc) is 2.43. The van der Waals surface area contributed by atoms with Crippen LogP contribution in [0.3, 0.4) is 0 Å². The van der Waals surface area contributed by atoms with Crippen LogP contribution in [0, 0.1) is 13.8 Å². The zero-order chi connectivity index (χ0) is 13.8. The van der Waals surface area contributed by atoms with E-state index in [-0.39, 0.29) is 6.04 Å². The molecule has 0 spiro atoms. The number of hydrogen-bond acceptors (Lipinski definition) is 2. The topological polar surface area (TPSA) is 26.0 Å². The Morgan fingerprint density at radius 1 is 0.947 bits per heavy atom. The lowest BCUT2D eigenvalue weighted by molar-refractivity contribution is 0.698. The molecule has 2 rings (SSSR count). The first-order valence-corrected chi connectivity index (χ1v) is 7.52. The molecule has 0 saturated heterocycles. The molecule has 0 aliphatic carbocycles.